The number of hydrogen-bond donors (Lipinski definition) is 3. The minimum absolute atomic E-state index is 0.0387. The van der Waals surface area contributed by atoms with Crippen molar-refractivity contribution in [2.45, 2.75) is 30.5 Å². The monoisotopic (exact) mass is 704 g/mol. The largest absolute Gasteiger partial charge is 0.494 e. The number of nitrogens with two attached hydrogens (primary N) is 1. The van der Waals surface area contributed by atoms with Crippen LogP contribution in [0.15, 0.2) is 36.4 Å². The zero-order valence-corrected chi connectivity index (χ0v) is 25.2. The van der Waals surface area contributed by atoms with Crippen LogP contribution in [0.2, 0.25) is 5.02 Å². The van der Waals surface area contributed by atoms with Crippen LogP contribution in [0.1, 0.15) is 27.3 Å². The van der Waals surface area contributed by atoms with E-state index in [0.29, 0.717) is 17.8 Å². The maximum Gasteiger partial charge on any atom is 0.424 e. The third kappa shape index (κ3) is 5.39. The van der Waals surface area contributed by atoms with E-state index in [1.165, 1.54) is 19.2 Å². The normalized spacial score (nSPS) is 17.2. The van der Waals surface area contributed by atoms with Crippen molar-refractivity contribution in [2.24, 2.45) is 5.73 Å². The molecule has 0 bridgehead atoms. The van der Waals surface area contributed by atoms with Crippen molar-refractivity contribution in [1.82, 2.24) is 15.3 Å². The number of amides is 2. The predicted octanol–water partition coefficient (Wildman–Crippen LogP) is 5.25. The first kappa shape index (κ1) is 34.6. The summed E-state index contributed by atoms with van der Waals surface area (Å²) < 4.78 is 126. The fourth-order valence-corrected chi connectivity index (χ4v) is 5.28. The molecule has 254 valence electrons. The third-order valence-electron chi connectivity index (χ3n) is 7.89. The van der Waals surface area contributed by atoms with E-state index in [1.54, 1.807) is 6.92 Å². The molecular formula is C30H21ClF8N4O5. The van der Waals surface area contributed by atoms with E-state index < -0.39 is 94.3 Å². The molecule has 18 heteroatoms. The molecule has 0 aliphatic carbocycles. The summed E-state index contributed by atoms with van der Waals surface area (Å²) in [5.41, 5.74) is -6.52. The lowest BCUT2D eigenvalue weighted by molar-refractivity contribution is -0.265. The lowest BCUT2D eigenvalue weighted by Gasteiger charge is -2.32. The number of hydrogen-bond acceptors (Lipinski definition) is 7. The molecule has 48 heavy (non-hydrogen) atoms. The zero-order chi connectivity index (χ0) is 35.5. The van der Waals surface area contributed by atoms with Crippen LogP contribution < -0.4 is 20.5 Å². The highest BCUT2D eigenvalue weighted by Gasteiger charge is 2.60. The van der Waals surface area contributed by atoms with Crippen LogP contribution in [0, 0.1) is 24.4 Å². The maximum absolute atomic E-state index is 14.9. The highest BCUT2D eigenvalue weighted by molar-refractivity contribution is 6.31. The molecule has 1 aliphatic heterocycles. The average Bonchev–Trinajstić information content (AvgIpc) is 3.43. The molecule has 1 aliphatic rings. The summed E-state index contributed by atoms with van der Waals surface area (Å²) in [6, 6.07) is 4.93. The second-order valence-electron chi connectivity index (χ2n) is 10.7. The van der Waals surface area contributed by atoms with Crippen LogP contribution in [-0.2, 0) is 15.8 Å². The molecule has 0 saturated carbocycles. The fraction of sp³-hybridized carbons (Fsp3) is 0.267. The van der Waals surface area contributed by atoms with Gasteiger partial charge in [0, 0.05) is 22.1 Å². The summed E-state index contributed by atoms with van der Waals surface area (Å²) in [6.45, 7) is -1.39. The van der Waals surface area contributed by atoms with Crippen LogP contribution in [0.4, 0.5) is 35.1 Å². The minimum atomic E-state index is -5.75. The Balaban J connectivity index is 1.66. The van der Waals surface area contributed by atoms with Gasteiger partial charge in [-0.2, -0.15) is 13.2 Å². The smallest absolute Gasteiger partial charge is 0.424 e. The van der Waals surface area contributed by atoms with Crippen molar-refractivity contribution in [2.75, 3.05) is 20.3 Å². The van der Waals surface area contributed by atoms with Gasteiger partial charge in [0.25, 0.3) is 12.3 Å². The number of primary amides is 1. The Bertz CT molecular complexity index is 2000. The number of aliphatic hydroxyl groups is 1. The Morgan fingerprint density at radius 1 is 1.12 bits per heavy atom. The van der Waals surface area contributed by atoms with E-state index in [2.05, 4.69) is 9.97 Å². The third-order valence-corrected chi connectivity index (χ3v) is 8.27. The Morgan fingerprint density at radius 2 is 1.81 bits per heavy atom. The maximum atomic E-state index is 14.9. The number of carbonyl (C=O) groups excluding carboxylic acids is 2. The highest BCUT2D eigenvalue weighted by atomic mass is 35.5. The van der Waals surface area contributed by atoms with E-state index in [1.807, 2.05) is 5.32 Å². The summed E-state index contributed by atoms with van der Waals surface area (Å²) >= 11 is 6.12. The SMILES string of the molecule is COc1cc(C(=O)NCC(O)(c2cc3c(c(-c4ccc(F)c(F)c4F)n2)OC[C@]3(C(N)=O)C(F)F)C(F)(F)F)cc2cc(Cl)c(C)nc12. The Hall–Kier alpha value is -4.77. The molecule has 0 fully saturated rings. The van der Waals surface area contributed by atoms with Crippen LogP contribution in [-0.4, -0.2) is 59.8 Å². The number of rotatable bonds is 8. The van der Waals surface area contributed by atoms with Gasteiger partial charge in [-0.05, 0) is 43.3 Å². The molecule has 0 spiro atoms. The Labute approximate surface area is 269 Å². The second-order valence-corrected chi connectivity index (χ2v) is 11.1. The standard InChI is InChI=1S/C30H21ClF8N4O5/c1-11-16(31)6-12-5-13(7-18(47-2)22(12)42-11)25(44)41-9-29(46,30(37,38)39)19-8-15-24(48-10-28(15,26(35)36)27(40)45)23(43-19)14-3-4-17(32)21(34)20(14)33/h3-8,26,46H,9-10H2,1-2H3,(H2,40,45)(H,41,44)/t28-,29?/m1/s1. The van der Waals surface area contributed by atoms with Gasteiger partial charge in [0.2, 0.25) is 11.5 Å². The van der Waals surface area contributed by atoms with Crippen LogP contribution in [0.25, 0.3) is 22.2 Å². The summed E-state index contributed by atoms with van der Waals surface area (Å²) in [4.78, 5) is 33.4. The predicted molar refractivity (Wildman–Crippen MR) is 152 cm³/mol. The molecule has 2 aromatic carbocycles. The Kier molecular flexibility index (Phi) is 8.67. The number of aryl methyl sites for hydroxylation is 1. The molecule has 1 unspecified atom stereocenters. The first-order chi connectivity index (χ1) is 22.4. The molecule has 0 saturated heterocycles. The summed E-state index contributed by atoms with van der Waals surface area (Å²) in [5, 5.41) is 13.5. The van der Waals surface area contributed by atoms with Crippen molar-refractivity contribution in [3.8, 4) is 22.8 Å². The molecule has 2 atom stereocenters. The number of halogens is 9. The van der Waals surface area contributed by atoms with Gasteiger partial charge < -0.3 is 25.6 Å². The number of alkyl halides is 5. The average molecular weight is 705 g/mol. The highest BCUT2D eigenvalue weighted by Crippen LogP contribution is 2.50. The first-order valence-electron chi connectivity index (χ1n) is 13.5. The number of methoxy groups -OCH3 is 1. The van der Waals surface area contributed by atoms with Crippen molar-refractivity contribution in [1.29, 1.82) is 0 Å². The molecule has 4 N–H and O–H groups in total. The number of aromatic nitrogens is 2. The summed E-state index contributed by atoms with van der Waals surface area (Å²) in [7, 11) is 1.24. The molecule has 0 radical (unpaired) electrons. The molecular weight excluding hydrogens is 684 g/mol. The molecule has 5 rings (SSSR count). The quantitative estimate of drug-likeness (QED) is 0.169. The van der Waals surface area contributed by atoms with E-state index in [9.17, 15) is 49.8 Å². The van der Waals surface area contributed by atoms with Gasteiger partial charge >= 0.3 is 6.18 Å². The van der Waals surface area contributed by atoms with E-state index >= 15 is 0 Å². The number of ether oxygens (including phenoxy) is 2. The molecule has 2 amide bonds. The van der Waals surface area contributed by atoms with Crippen molar-refractivity contribution >= 4 is 34.3 Å². The molecule has 3 heterocycles. The lowest BCUT2D eigenvalue weighted by Crippen LogP contribution is -2.52. The van der Waals surface area contributed by atoms with E-state index in [4.69, 9.17) is 26.8 Å². The number of fused-ring (bicyclic) bond motifs is 2. The zero-order valence-electron chi connectivity index (χ0n) is 24.4. The summed E-state index contributed by atoms with van der Waals surface area (Å²) in [5.74, 6) is -9.65. The van der Waals surface area contributed by atoms with Crippen molar-refractivity contribution in [3.63, 3.8) is 0 Å². The van der Waals surface area contributed by atoms with Gasteiger partial charge in [0.1, 0.15) is 29.3 Å². The van der Waals surface area contributed by atoms with Gasteiger partial charge in [0.05, 0.1) is 30.1 Å². The lowest BCUT2D eigenvalue weighted by atomic mass is 9.80. The second kappa shape index (κ2) is 12.0. The van der Waals surface area contributed by atoms with Crippen LogP contribution in [0.5, 0.6) is 11.5 Å². The van der Waals surface area contributed by atoms with Gasteiger partial charge in [0.15, 0.2) is 22.9 Å². The molecule has 4 aromatic rings. The Morgan fingerprint density at radius 3 is 2.42 bits per heavy atom. The van der Waals surface area contributed by atoms with E-state index in [-0.39, 0.29) is 33.3 Å². The van der Waals surface area contributed by atoms with Gasteiger partial charge in [-0.25, -0.2) is 31.9 Å². The molecule has 9 nitrogen and oxygen atoms in total. The van der Waals surface area contributed by atoms with E-state index in [0.717, 1.165) is 6.07 Å². The number of carbonyl (C=O) groups is 2. The number of pyridine rings is 2. The van der Waals surface area contributed by atoms with Crippen LogP contribution >= 0.6 is 11.6 Å². The van der Waals surface area contributed by atoms with Crippen molar-refractivity contribution in [3.05, 3.63) is 81.4 Å². The summed E-state index contributed by atoms with van der Waals surface area (Å²) in [6.07, 6.45) is -9.47. The molecule has 2 aromatic heterocycles. The van der Waals surface area contributed by atoms with Gasteiger partial charge in [-0.15, -0.1) is 0 Å². The van der Waals surface area contributed by atoms with Crippen LogP contribution in [0.3, 0.4) is 0 Å². The van der Waals surface area contributed by atoms with Crippen molar-refractivity contribution < 1.29 is 59.3 Å². The first-order valence-corrected chi connectivity index (χ1v) is 13.9. The van der Waals surface area contributed by atoms with Gasteiger partial charge in [-0.1, -0.05) is 11.6 Å². The number of nitrogens with one attached hydrogen (secondary N) is 1. The van der Waals surface area contributed by atoms with Gasteiger partial charge in [-0.3, -0.25) is 9.59 Å². The topological polar surface area (TPSA) is 137 Å². The fourth-order valence-electron chi connectivity index (χ4n) is 5.12. The minimum Gasteiger partial charge on any atom is -0.494 e. The number of nitrogens with zero attached hydrogens (tertiary/aromatic N) is 2. The number of benzene rings is 2.